The Hall–Kier alpha value is -5.53. The second-order valence-electron chi connectivity index (χ2n) is 11.2. The molecule has 43 heavy (non-hydrogen) atoms. The van der Waals surface area contributed by atoms with Gasteiger partial charge in [0.2, 0.25) is 0 Å². The summed E-state index contributed by atoms with van der Waals surface area (Å²) in [6, 6.07) is 57.0. The van der Waals surface area contributed by atoms with E-state index >= 15 is 0 Å². The maximum atomic E-state index is 4.74. The zero-order chi connectivity index (χ0) is 28.8. The molecule has 0 N–H and O–H groups in total. The fraction of sp³-hybridized carbons (Fsp3) is 0.0238. The van der Waals surface area contributed by atoms with E-state index in [1.54, 1.807) is 0 Å². The molecule has 7 aromatic carbocycles. The van der Waals surface area contributed by atoms with Crippen molar-refractivity contribution in [2.24, 2.45) is 0 Å². The van der Waals surface area contributed by atoms with Gasteiger partial charge in [0.25, 0.3) is 0 Å². The van der Waals surface area contributed by atoms with Gasteiger partial charge in [0.05, 0.1) is 5.69 Å². The Morgan fingerprint density at radius 3 is 1.53 bits per heavy atom. The first kappa shape index (κ1) is 25.2. The summed E-state index contributed by atoms with van der Waals surface area (Å²) < 4.78 is 0. The minimum absolute atomic E-state index is 1.00. The molecule has 0 aliphatic heterocycles. The van der Waals surface area contributed by atoms with Crippen LogP contribution in [0.1, 0.15) is 5.69 Å². The van der Waals surface area contributed by atoms with Gasteiger partial charge in [-0.1, -0.05) is 133 Å². The summed E-state index contributed by atoms with van der Waals surface area (Å²) in [5, 5.41) is 7.55. The molecule has 0 radical (unpaired) electrons. The molecule has 0 amide bonds. The van der Waals surface area contributed by atoms with E-state index in [9.17, 15) is 0 Å². The minimum atomic E-state index is 1.00. The van der Waals surface area contributed by atoms with Crippen LogP contribution in [0.5, 0.6) is 0 Å². The Balaban J connectivity index is 1.40. The Labute approximate surface area is 251 Å². The monoisotopic (exact) mass is 547 g/mol. The highest BCUT2D eigenvalue weighted by Crippen LogP contribution is 2.45. The molecular formula is C42H29N. The number of hydrogen-bond donors (Lipinski definition) is 0. The van der Waals surface area contributed by atoms with Crippen LogP contribution in [0.25, 0.3) is 77.0 Å². The van der Waals surface area contributed by atoms with E-state index in [1.165, 1.54) is 65.7 Å². The summed E-state index contributed by atoms with van der Waals surface area (Å²) >= 11 is 0. The van der Waals surface area contributed by atoms with Crippen molar-refractivity contribution in [1.29, 1.82) is 0 Å². The summed E-state index contributed by atoms with van der Waals surface area (Å²) in [5.41, 5.74) is 10.6. The third kappa shape index (κ3) is 4.38. The minimum Gasteiger partial charge on any atom is -0.253 e. The summed E-state index contributed by atoms with van der Waals surface area (Å²) in [6.45, 7) is 2.04. The molecule has 0 saturated carbocycles. The fourth-order valence-electron chi connectivity index (χ4n) is 6.57. The summed E-state index contributed by atoms with van der Waals surface area (Å²) in [6.07, 6.45) is 0. The predicted octanol–water partition coefficient (Wildman–Crippen LogP) is 11.5. The SMILES string of the molecule is Cc1cccc(-c2ccc(-c3c4ccccc4c(-c4cc(-c5ccccc5)c5ccccc5c4)c4ccccc34)cc2)n1. The lowest BCUT2D eigenvalue weighted by Gasteiger charge is -2.19. The topological polar surface area (TPSA) is 12.9 Å². The maximum Gasteiger partial charge on any atom is 0.0705 e. The lowest BCUT2D eigenvalue weighted by atomic mass is 9.84. The van der Waals surface area contributed by atoms with Crippen molar-refractivity contribution in [3.8, 4) is 44.6 Å². The van der Waals surface area contributed by atoms with Crippen molar-refractivity contribution in [3.05, 3.63) is 163 Å². The second kappa shape index (κ2) is 10.4. The highest BCUT2D eigenvalue weighted by Gasteiger charge is 2.18. The molecule has 0 atom stereocenters. The molecule has 202 valence electrons. The molecule has 0 aliphatic carbocycles. The van der Waals surface area contributed by atoms with Gasteiger partial charge in [0.15, 0.2) is 0 Å². The van der Waals surface area contributed by atoms with E-state index in [0.717, 1.165) is 17.0 Å². The number of benzene rings is 7. The number of fused-ring (bicyclic) bond motifs is 3. The number of rotatable bonds is 4. The van der Waals surface area contributed by atoms with E-state index < -0.39 is 0 Å². The molecule has 0 bridgehead atoms. The summed E-state index contributed by atoms with van der Waals surface area (Å²) in [4.78, 5) is 4.74. The van der Waals surface area contributed by atoms with Crippen LogP contribution < -0.4 is 0 Å². The summed E-state index contributed by atoms with van der Waals surface area (Å²) in [5.74, 6) is 0. The quantitative estimate of drug-likeness (QED) is 0.200. The smallest absolute Gasteiger partial charge is 0.0705 e. The number of pyridine rings is 1. The largest absolute Gasteiger partial charge is 0.253 e. The van der Waals surface area contributed by atoms with Gasteiger partial charge in [0.1, 0.15) is 0 Å². The first-order chi connectivity index (χ1) is 21.2. The zero-order valence-corrected chi connectivity index (χ0v) is 24.0. The predicted molar refractivity (Wildman–Crippen MR) is 183 cm³/mol. The average molecular weight is 548 g/mol. The molecule has 1 heterocycles. The summed E-state index contributed by atoms with van der Waals surface area (Å²) in [7, 11) is 0. The van der Waals surface area contributed by atoms with E-state index in [2.05, 4.69) is 152 Å². The van der Waals surface area contributed by atoms with Gasteiger partial charge in [0, 0.05) is 11.3 Å². The van der Waals surface area contributed by atoms with Crippen molar-refractivity contribution in [2.45, 2.75) is 6.92 Å². The van der Waals surface area contributed by atoms with Crippen molar-refractivity contribution in [1.82, 2.24) is 4.98 Å². The van der Waals surface area contributed by atoms with Gasteiger partial charge in [-0.3, -0.25) is 4.98 Å². The van der Waals surface area contributed by atoms with Crippen LogP contribution in [0.4, 0.5) is 0 Å². The lowest BCUT2D eigenvalue weighted by molar-refractivity contribution is 1.21. The Bertz CT molecular complexity index is 2220. The van der Waals surface area contributed by atoms with Crippen LogP contribution in [0.15, 0.2) is 158 Å². The van der Waals surface area contributed by atoms with Crippen molar-refractivity contribution in [3.63, 3.8) is 0 Å². The average Bonchev–Trinajstić information content (AvgIpc) is 3.07. The molecule has 1 nitrogen and oxygen atoms in total. The first-order valence-electron chi connectivity index (χ1n) is 14.8. The lowest BCUT2D eigenvalue weighted by Crippen LogP contribution is -1.92. The Kier molecular flexibility index (Phi) is 6.09. The molecule has 1 aromatic heterocycles. The Morgan fingerprint density at radius 1 is 0.372 bits per heavy atom. The van der Waals surface area contributed by atoms with Crippen molar-refractivity contribution < 1.29 is 0 Å². The second-order valence-corrected chi connectivity index (χ2v) is 11.2. The third-order valence-corrected chi connectivity index (χ3v) is 8.52. The molecule has 1 heteroatoms. The van der Waals surface area contributed by atoms with E-state index in [4.69, 9.17) is 4.98 Å². The number of aromatic nitrogens is 1. The standard InChI is InChI=1S/C42H29N/c1-28-12-11-21-40(43-28)30-22-24-31(25-23-30)41-35-17-7-9-19-37(35)42(38-20-10-8-18-36(38)41)33-26-32-15-5-6-16-34(32)39(27-33)29-13-3-2-4-14-29/h2-27H,1H3. The van der Waals surface area contributed by atoms with Crippen LogP contribution >= 0.6 is 0 Å². The molecule has 8 aromatic rings. The zero-order valence-electron chi connectivity index (χ0n) is 24.0. The van der Waals surface area contributed by atoms with Gasteiger partial charge in [-0.25, -0.2) is 0 Å². The normalized spacial score (nSPS) is 11.4. The van der Waals surface area contributed by atoms with Crippen molar-refractivity contribution in [2.75, 3.05) is 0 Å². The van der Waals surface area contributed by atoms with Gasteiger partial charge in [-0.15, -0.1) is 0 Å². The first-order valence-corrected chi connectivity index (χ1v) is 14.8. The van der Waals surface area contributed by atoms with Crippen LogP contribution in [0.2, 0.25) is 0 Å². The van der Waals surface area contributed by atoms with Crippen LogP contribution in [0.3, 0.4) is 0 Å². The fourth-order valence-corrected chi connectivity index (χ4v) is 6.57. The maximum absolute atomic E-state index is 4.74. The van der Waals surface area contributed by atoms with Crippen LogP contribution in [0, 0.1) is 6.92 Å². The molecule has 8 rings (SSSR count). The third-order valence-electron chi connectivity index (χ3n) is 8.52. The highest BCUT2D eigenvalue weighted by atomic mass is 14.7. The van der Waals surface area contributed by atoms with E-state index in [1.807, 2.05) is 13.0 Å². The van der Waals surface area contributed by atoms with Gasteiger partial charge in [-0.2, -0.15) is 0 Å². The van der Waals surface area contributed by atoms with Gasteiger partial charge >= 0.3 is 0 Å². The van der Waals surface area contributed by atoms with Gasteiger partial charge < -0.3 is 0 Å². The number of aryl methyl sites for hydroxylation is 1. The number of nitrogens with zero attached hydrogens (tertiary/aromatic N) is 1. The Morgan fingerprint density at radius 2 is 0.907 bits per heavy atom. The van der Waals surface area contributed by atoms with Gasteiger partial charge in [-0.05, 0) is 96.9 Å². The van der Waals surface area contributed by atoms with E-state index in [0.29, 0.717) is 0 Å². The van der Waals surface area contributed by atoms with Crippen LogP contribution in [-0.4, -0.2) is 4.98 Å². The van der Waals surface area contributed by atoms with E-state index in [-0.39, 0.29) is 0 Å². The molecule has 0 unspecified atom stereocenters. The molecule has 0 saturated heterocycles. The highest BCUT2D eigenvalue weighted by molar-refractivity contribution is 6.22. The molecule has 0 aliphatic rings. The molecule has 0 spiro atoms. The number of hydrogen-bond acceptors (Lipinski definition) is 1. The van der Waals surface area contributed by atoms with Crippen LogP contribution in [-0.2, 0) is 0 Å². The molecule has 0 fully saturated rings. The molecular weight excluding hydrogens is 518 g/mol. The van der Waals surface area contributed by atoms with Crippen molar-refractivity contribution >= 4 is 32.3 Å².